The third kappa shape index (κ3) is 3.01. The fourth-order valence-electron chi connectivity index (χ4n) is 2.03. The van der Waals surface area contributed by atoms with Gasteiger partial charge in [0.05, 0.1) is 23.4 Å². The molecule has 0 aliphatic heterocycles. The SMILES string of the molecule is CCc1cc(CC(O)c2ccc(C#N)cc2)n(C)n1. The molecule has 2 aromatic rings. The number of aliphatic hydroxyl groups is 1. The summed E-state index contributed by atoms with van der Waals surface area (Å²) in [6.45, 7) is 2.06. The molecule has 1 aromatic carbocycles. The number of aliphatic hydroxyl groups excluding tert-OH is 1. The second kappa shape index (κ2) is 5.68. The highest BCUT2D eigenvalue weighted by molar-refractivity contribution is 5.32. The molecule has 0 fully saturated rings. The lowest BCUT2D eigenvalue weighted by Crippen LogP contribution is -2.06. The van der Waals surface area contributed by atoms with E-state index in [1.165, 1.54) is 0 Å². The lowest BCUT2D eigenvalue weighted by Gasteiger charge is -2.11. The van der Waals surface area contributed by atoms with Crippen LogP contribution in [0.4, 0.5) is 0 Å². The minimum atomic E-state index is -0.576. The average Bonchev–Trinajstić information content (AvgIpc) is 2.79. The number of aryl methyl sites for hydroxylation is 2. The van der Waals surface area contributed by atoms with Crippen molar-refractivity contribution in [2.45, 2.75) is 25.9 Å². The summed E-state index contributed by atoms with van der Waals surface area (Å²) in [4.78, 5) is 0. The molecule has 1 heterocycles. The molecule has 0 saturated heterocycles. The van der Waals surface area contributed by atoms with E-state index in [0.29, 0.717) is 12.0 Å². The first-order chi connectivity index (χ1) is 9.13. The standard InChI is InChI=1S/C15H17N3O/c1-3-13-8-14(18(2)17-13)9-15(19)12-6-4-11(10-16)5-7-12/h4-8,15,19H,3,9H2,1-2H3. The number of benzene rings is 1. The smallest absolute Gasteiger partial charge is 0.0991 e. The summed E-state index contributed by atoms with van der Waals surface area (Å²) < 4.78 is 1.81. The summed E-state index contributed by atoms with van der Waals surface area (Å²) in [7, 11) is 1.89. The van der Waals surface area contributed by atoms with Crippen LogP contribution in [0, 0.1) is 11.3 Å². The van der Waals surface area contributed by atoms with Crippen molar-refractivity contribution >= 4 is 0 Å². The molecule has 0 bridgehead atoms. The van der Waals surface area contributed by atoms with E-state index in [0.717, 1.165) is 23.4 Å². The Labute approximate surface area is 112 Å². The maximum atomic E-state index is 10.2. The Balaban J connectivity index is 2.13. The molecule has 1 aromatic heterocycles. The van der Waals surface area contributed by atoms with E-state index in [2.05, 4.69) is 18.1 Å². The predicted octanol–water partition coefficient (Wildman–Crippen LogP) is 2.13. The largest absolute Gasteiger partial charge is 0.388 e. The molecule has 4 heteroatoms. The highest BCUT2D eigenvalue weighted by Crippen LogP contribution is 2.19. The van der Waals surface area contributed by atoms with Crippen LogP contribution in [0.1, 0.15) is 35.5 Å². The molecular weight excluding hydrogens is 238 g/mol. The van der Waals surface area contributed by atoms with Crippen molar-refractivity contribution in [1.82, 2.24) is 9.78 Å². The number of rotatable bonds is 4. The number of hydrogen-bond donors (Lipinski definition) is 1. The Kier molecular flexibility index (Phi) is 3.98. The third-order valence-electron chi connectivity index (χ3n) is 3.22. The van der Waals surface area contributed by atoms with Crippen LogP contribution < -0.4 is 0 Å². The van der Waals surface area contributed by atoms with Gasteiger partial charge in [0.25, 0.3) is 0 Å². The maximum absolute atomic E-state index is 10.2. The van der Waals surface area contributed by atoms with Crippen LogP contribution in [0.3, 0.4) is 0 Å². The minimum Gasteiger partial charge on any atom is -0.388 e. The van der Waals surface area contributed by atoms with Crippen LogP contribution in [0.15, 0.2) is 30.3 Å². The summed E-state index contributed by atoms with van der Waals surface area (Å²) in [5, 5.41) is 23.3. The Morgan fingerprint density at radius 1 is 1.37 bits per heavy atom. The van der Waals surface area contributed by atoms with Gasteiger partial charge in [-0.05, 0) is 30.2 Å². The van der Waals surface area contributed by atoms with Crippen LogP contribution in [-0.4, -0.2) is 14.9 Å². The molecule has 1 unspecified atom stereocenters. The van der Waals surface area contributed by atoms with Gasteiger partial charge >= 0.3 is 0 Å². The zero-order chi connectivity index (χ0) is 13.8. The van der Waals surface area contributed by atoms with E-state index in [1.54, 1.807) is 24.3 Å². The molecule has 0 spiro atoms. The molecule has 0 saturated carbocycles. The molecule has 1 atom stereocenters. The van der Waals surface area contributed by atoms with Gasteiger partial charge in [0.2, 0.25) is 0 Å². The summed E-state index contributed by atoms with van der Waals surface area (Å²) >= 11 is 0. The van der Waals surface area contributed by atoms with Crippen LogP contribution in [0.2, 0.25) is 0 Å². The van der Waals surface area contributed by atoms with Gasteiger partial charge in [0, 0.05) is 19.2 Å². The molecule has 19 heavy (non-hydrogen) atoms. The molecule has 98 valence electrons. The first kappa shape index (κ1) is 13.3. The fourth-order valence-corrected chi connectivity index (χ4v) is 2.03. The monoisotopic (exact) mass is 255 g/mol. The first-order valence-electron chi connectivity index (χ1n) is 6.34. The predicted molar refractivity (Wildman–Crippen MR) is 72.4 cm³/mol. The van der Waals surface area contributed by atoms with E-state index in [1.807, 2.05) is 17.8 Å². The number of nitrogens with zero attached hydrogens (tertiary/aromatic N) is 3. The van der Waals surface area contributed by atoms with Crippen LogP contribution in [-0.2, 0) is 19.9 Å². The van der Waals surface area contributed by atoms with E-state index in [-0.39, 0.29) is 0 Å². The first-order valence-corrected chi connectivity index (χ1v) is 6.34. The topological polar surface area (TPSA) is 61.8 Å². The normalized spacial score (nSPS) is 12.1. The third-order valence-corrected chi connectivity index (χ3v) is 3.22. The molecule has 0 aliphatic carbocycles. The Morgan fingerprint density at radius 2 is 2.05 bits per heavy atom. The van der Waals surface area contributed by atoms with Gasteiger partial charge in [-0.2, -0.15) is 10.4 Å². The molecule has 2 rings (SSSR count). The van der Waals surface area contributed by atoms with Crippen LogP contribution in [0.5, 0.6) is 0 Å². The van der Waals surface area contributed by atoms with Gasteiger partial charge in [-0.1, -0.05) is 19.1 Å². The van der Waals surface area contributed by atoms with E-state index < -0.39 is 6.10 Å². The summed E-state index contributed by atoms with van der Waals surface area (Å²) in [6, 6.07) is 11.1. The number of hydrogen-bond acceptors (Lipinski definition) is 3. The van der Waals surface area contributed by atoms with Crippen molar-refractivity contribution in [1.29, 1.82) is 5.26 Å². The van der Waals surface area contributed by atoms with E-state index >= 15 is 0 Å². The number of nitriles is 1. The molecular formula is C15H17N3O. The van der Waals surface area contributed by atoms with Gasteiger partial charge in [-0.25, -0.2) is 0 Å². The Hall–Kier alpha value is -2.12. The lowest BCUT2D eigenvalue weighted by atomic mass is 10.0. The molecule has 1 N–H and O–H groups in total. The second-order valence-electron chi connectivity index (χ2n) is 4.56. The molecule has 0 amide bonds. The van der Waals surface area contributed by atoms with E-state index in [4.69, 9.17) is 5.26 Å². The van der Waals surface area contributed by atoms with Crippen molar-refractivity contribution in [3.63, 3.8) is 0 Å². The minimum absolute atomic E-state index is 0.523. The fraction of sp³-hybridized carbons (Fsp3) is 0.333. The van der Waals surface area contributed by atoms with Gasteiger partial charge in [0.15, 0.2) is 0 Å². The zero-order valence-electron chi connectivity index (χ0n) is 11.2. The van der Waals surface area contributed by atoms with Crippen molar-refractivity contribution in [3.05, 3.63) is 52.8 Å². The number of aromatic nitrogens is 2. The lowest BCUT2D eigenvalue weighted by molar-refractivity contribution is 0.176. The average molecular weight is 255 g/mol. The maximum Gasteiger partial charge on any atom is 0.0991 e. The summed E-state index contributed by atoms with van der Waals surface area (Å²) in [5.41, 5.74) is 3.46. The Morgan fingerprint density at radius 3 is 2.58 bits per heavy atom. The van der Waals surface area contributed by atoms with Crippen LogP contribution in [0.25, 0.3) is 0 Å². The highest BCUT2D eigenvalue weighted by Gasteiger charge is 2.12. The molecule has 4 nitrogen and oxygen atoms in total. The molecule has 0 aliphatic rings. The molecule has 0 radical (unpaired) electrons. The Bertz CT molecular complexity index is 593. The van der Waals surface area contributed by atoms with Gasteiger partial charge < -0.3 is 5.11 Å². The van der Waals surface area contributed by atoms with Crippen molar-refractivity contribution < 1.29 is 5.11 Å². The summed E-state index contributed by atoms with van der Waals surface area (Å²) in [6.07, 6.45) is 0.837. The summed E-state index contributed by atoms with van der Waals surface area (Å²) in [5.74, 6) is 0. The zero-order valence-corrected chi connectivity index (χ0v) is 11.2. The van der Waals surface area contributed by atoms with Gasteiger partial charge in [0.1, 0.15) is 0 Å². The highest BCUT2D eigenvalue weighted by atomic mass is 16.3. The van der Waals surface area contributed by atoms with E-state index in [9.17, 15) is 5.11 Å². The second-order valence-corrected chi connectivity index (χ2v) is 4.56. The van der Waals surface area contributed by atoms with Crippen molar-refractivity contribution in [3.8, 4) is 6.07 Å². The van der Waals surface area contributed by atoms with Gasteiger partial charge in [-0.15, -0.1) is 0 Å². The van der Waals surface area contributed by atoms with Crippen molar-refractivity contribution in [2.75, 3.05) is 0 Å². The van der Waals surface area contributed by atoms with Gasteiger partial charge in [-0.3, -0.25) is 4.68 Å². The quantitative estimate of drug-likeness (QED) is 0.910. The van der Waals surface area contributed by atoms with Crippen LogP contribution >= 0.6 is 0 Å². The van der Waals surface area contributed by atoms with Crippen molar-refractivity contribution in [2.24, 2.45) is 7.05 Å².